The second-order valence-electron chi connectivity index (χ2n) is 6.82. The Kier molecular flexibility index (Phi) is 4.44. The predicted octanol–water partition coefficient (Wildman–Crippen LogP) is 3.75. The van der Waals surface area contributed by atoms with Crippen LogP contribution in [0.25, 0.3) is 0 Å². The summed E-state index contributed by atoms with van der Waals surface area (Å²) in [5.41, 5.74) is 2.26. The first-order valence-corrected chi connectivity index (χ1v) is 9.56. The van der Waals surface area contributed by atoms with Crippen molar-refractivity contribution in [3.8, 4) is 5.06 Å². The third-order valence-corrected chi connectivity index (χ3v) is 5.96. The van der Waals surface area contributed by atoms with Gasteiger partial charge in [0, 0.05) is 30.8 Å². The first kappa shape index (κ1) is 16.5. The average Bonchev–Trinajstić information content (AvgIpc) is 3.36. The molecule has 0 bridgehead atoms. The Hall–Kier alpha value is -1.98. The van der Waals surface area contributed by atoms with Crippen LogP contribution in [0.15, 0.2) is 36.4 Å². The Morgan fingerprint density at radius 2 is 2.00 bits per heavy atom. The van der Waals surface area contributed by atoms with Crippen LogP contribution in [-0.4, -0.2) is 23.2 Å². The first-order chi connectivity index (χ1) is 12.1. The van der Waals surface area contributed by atoms with Gasteiger partial charge in [0.1, 0.15) is 0 Å². The third kappa shape index (κ3) is 3.53. The SMILES string of the molecule is CC(=O)Oc1cc2c(s1)CCN(C(C(=O)C1CC1)c1ccccc1)C2. The summed E-state index contributed by atoms with van der Waals surface area (Å²) in [5, 5.41) is 0.657. The van der Waals surface area contributed by atoms with Gasteiger partial charge in [0.2, 0.25) is 0 Å². The lowest BCUT2D eigenvalue weighted by Gasteiger charge is -2.34. The second-order valence-corrected chi connectivity index (χ2v) is 7.92. The van der Waals surface area contributed by atoms with Gasteiger partial charge in [-0.2, -0.15) is 0 Å². The molecule has 1 saturated carbocycles. The molecule has 1 atom stereocenters. The molecule has 2 aliphatic rings. The number of ether oxygens (including phenoxy) is 1. The molecule has 5 heteroatoms. The molecule has 2 heterocycles. The number of hydrogen-bond donors (Lipinski definition) is 0. The molecule has 1 aliphatic carbocycles. The molecular weight excluding hydrogens is 334 g/mol. The van der Waals surface area contributed by atoms with Gasteiger partial charge in [-0.15, -0.1) is 11.3 Å². The topological polar surface area (TPSA) is 46.6 Å². The van der Waals surface area contributed by atoms with Gasteiger partial charge in [-0.25, -0.2) is 0 Å². The normalized spacial score (nSPS) is 18.4. The Balaban J connectivity index is 1.59. The maximum absolute atomic E-state index is 13.0. The summed E-state index contributed by atoms with van der Waals surface area (Å²) in [7, 11) is 0. The summed E-state index contributed by atoms with van der Waals surface area (Å²) < 4.78 is 5.24. The summed E-state index contributed by atoms with van der Waals surface area (Å²) in [5.74, 6) is 0.289. The van der Waals surface area contributed by atoms with Crippen molar-refractivity contribution in [2.24, 2.45) is 5.92 Å². The minimum Gasteiger partial charge on any atom is -0.416 e. The fraction of sp³-hybridized carbons (Fsp3) is 0.400. The zero-order chi connectivity index (χ0) is 17.4. The molecule has 0 amide bonds. The highest BCUT2D eigenvalue weighted by molar-refractivity contribution is 7.14. The zero-order valence-electron chi connectivity index (χ0n) is 14.2. The number of nitrogens with zero attached hydrogens (tertiary/aromatic N) is 1. The van der Waals surface area contributed by atoms with Gasteiger partial charge in [-0.1, -0.05) is 30.3 Å². The zero-order valence-corrected chi connectivity index (χ0v) is 15.1. The highest BCUT2D eigenvalue weighted by atomic mass is 32.1. The largest absolute Gasteiger partial charge is 0.416 e. The Morgan fingerprint density at radius 1 is 1.24 bits per heavy atom. The van der Waals surface area contributed by atoms with Crippen molar-refractivity contribution in [1.29, 1.82) is 0 Å². The van der Waals surface area contributed by atoms with E-state index in [1.54, 1.807) is 11.3 Å². The van der Waals surface area contributed by atoms with E-state index >= 15 is 0 Å². The van der Waals surface area contributed by atoms with E-state index in [0.29, 0.717) is 10.8 Å². The minimum absolute atomic E-state index is 0.168. The number of rotatable bonds is 5. The van der Waals surface area contributed by atoms with E-state index in [-0.39, 0.29) is 17.9 Å². The number of benzene rings is 1. The summed E-state index contributed by atoms with van der Waals surface area (Å²) in [6, 6.07) is 11.9. The van der Waals surface area contributed by atoms with Crippen LogP contribution in [0, 0.1) is 5.92 Å². The van der Waals surface area contributed by atoms with Gasteiger partial charge in [0.15, 0.2) is 10.8 Å². The maximum Gasteiger partial charge on any atom is 0.308 e. The highest BCUT2D eigenvalue weighted by Crippen LogP contribution is 2.40. The van der Waals surface area contributed by atoms with Crippen molar-refractivity contribution < 1.29 is 14.3 Å². The molecule has 1 aromatic heterocycles. The first-order valence-electron chi connectivity index (χ1n) is 8.74. The van der Waals surface area contributed by atoms with Crippen molar-refractivity contribution >= 4 is 23.1 Å². The smallest absolute Gasteiger partial charge is 0.308 e. The van der Waals surface area contributed by atoms with Crippen LogP contribution in [0.3, 0.4) is 0 Å². The minimum atomic E-state index is -0.290. The van der Waals surface area contributed by atoms with Crippen molar-refractivity contribution in [3.63, 3.8) is 0 Å². The van der Waals surface area contributed by atoms with Gasteiger partial charge in [0.05, 0.1) is 6.04 Å². The Bertz CT molecular complexity index is 795. The van der Waals surface area contributed by atoms with Crippen LogP contribution >= 0.6 is 11.3 Å². The van der Waals surface area contributed by atoms with Crippen LogP contribution in [-0.2, 0) is 22.6 Å². The van der Waals surface area contributed by atoms with E-state index in [1.165, 1.54) is 17.4 Å². The quantitative estimate of drug-likeness (QED) is 0.767. The molecule has 4 nitrogen and oxygen atoms in total. The van der Waals surface area contributed by atoms with Crippen molar-refractivity contribution in [2.75, 3.05) is 6.54 Å². The Morgan fingerprint density at radius 3 is 2.68 bits per heavy atom. The molecule has 1 aliphatic heterocycles. The predicted molar refractivity (Wildman–Crippen MR) is 96.7 cm³/mol. The molecular formula is C20H21NO3S. The molecule has 130 valence electrons. The highest BCUT2D eigenvalue weighted by Gasteiger charge is 2.39. The monoisotopic (exact) mass is 355 g/mol. The number of fused-ring (bicyclic) bond motifs is 1. The standard InChI is InChI=1S/C20H21NO3S/c1-13(22)24-18-11-16-12-21(10-9-17(16)25-18)19(20(23)15-7-8-15)14-5-3-2-4-6-14/h2-6,11,15,19H,7-10,12H2,1H3. The lowest BCUT2D eigenvalue weighted by molar-refractivity contribution is -0.131. The Labute approximate surface area is 151 Å². The van der Waals surface area contributed by atoms with Gasteiger partial charge in [-0.05, 0) is 36.5 Å². The number of Topliss-reactive ketones (excluding diaryl/α,β-unsaturated/α-hetero) is 1. The van der Waals surface area contributed by atoms with Gasteiger partial charge >= 0.3 is 5.97 Å². The van der Waals surface area contributed by atoms with Crippen LogP contribution in [0.2, 0.25) is 0 Å². The lowest BCUT2D eigenvalue weighted by Crippen LogP contribution is -2.38. The molecule has 1 fully saturated rings. The van der Waals surface area contributed by atoms with Gasteiger partial charge < -0.3 is 4.74 Å². The molecule has 1 aromatic carbocycles. The fourth-order valence-corrected chi connectivity index (χ4v) is 4.57. The van der Waals surface area contributed by atoms with E-state index in [0.717, 1.165) is 37.9 Å². The maximum atomic E-state index is 13.0. The van der Waals surface area contributed by atoms with Crippen LogP contribution in [0.5, 0.6) is 5.06 Å². The van der Waals surface area contributed by atoms with E-state index in [4.69, 9.17) is 4.74 Å². The van der Waals surface area contributed by atoms with Crippen LogP contribution in [0.4, 0.5) is 0 Å². The third-order valence-electron chi connectivity index (χ3n) is 4.85. The van der Waals surface area contributed by atoms with Crippen molar-refractivity contribution in [2.45, 2.75) is 38.8 Å². The summed E-state index contributed by atoms with van der Waals surface area (Å²) >= 11 is 1.55. The summed E-state index contributed by atoms with van der Waals surface area (Å²) in [6.45, 7) is 3.00. The lowest BCUT2D eigenvalue weighted by atomic mass is 9.95. The molecule has 1 unspecified atom stereocenters. The number of ketones is 1. The van der Waals surface area contributed by atoms with Crippen LogP contribution < -0.4 is 4.74 Å². The van der Waals surface area contributed by atoms with Gasteiger partial charge in [0.25, 0.3) is 0 Å². The number of hydrogen-bond acceptors (Lipinski definition) is 5. The number of carbonyl (C=O) groups is 2. The molecule has 2 aromatic rings. The van der Waals surface area contributed by atoms with Crippen molar-refractivity contribution in [1.82, 2.24) is 4.90 Å². The molecule has 0 radical (unpaired) electrons. The summed E-state index contributed by atoms with van der Waals surface area (Å²) in [6.07, 6.45) is 2.94. The molecule has 25 heavy (non-hydrogen) atoms. The summed E-state index contributed by atoms with van der Waals surface area (Å²) in [4.78, 5) is 27.7. The number of carbonyl (C=O) groups excluding carboxylic acids is 2. The molecule has 4 rings (SSSR count). The molecule has 0 spiro atoms. The van der Waals surface area contributed by atoms with E-state index in [1.807, 2.05) is 24.3 Å². The second kappa shape index (κ2) is 6.73. The number of thiophene rings is 1. The van der Waals surface area contributed by atoms with E-state index in [9.17, 15) is 9.59 Å². The fourth-order valence-electron chi connectivity index (χ4n) is 3.52. The molecule has 0 saturated heterocycles. The average molecular weight is 355 g/mol. The number of esters is 1. The van der Waals surface area contributed by atoms with Crippen LogP contribution in [0.1, 0.15) is 41.8 Å². The van der Waals surface area contributed by atoms with E-state index in [2.05, 4.69) is 17.0 Å². The molecule has 0 N–H and O–H groups in total. The van der Waals surface area contributed by atoms with Crippen molar-refractivity contribution in [3.05, 3.63) is 52.4 Å². The van der Waals surface area contributed by atoms with Gasteiger partial charge in [-0.3, -0.25) is 14.5 Å². The van der Waals surface area contributed by atoms with E-state index < -0.39 is 0 Å².